The Morgan fingerprint density at radius 2 is 2.06 bits per heavy atom. The summed E-state index contributed by atoms with van der Waals surface area (Å²) in [5, 5.41) is 11.4. The zero-order valence-corrected chi connectivity index (χ0v) is 9.36. The van der Waals surface area contributed by atoms with Crippen molar-refractivity contribution in [1.29, 1.82) is 0 Å². The van der Waals surface area contributed by atoms with E-state index in [-0.39, 0.29) is 6.54 Å². The van der Waals surface area contributed by atoms with Crippen LogP contribution in [0.4, 0.5) is 10.5 Å². The smallest absolute Gasteiger partial charge is 0.323 e. The van der Waals surface area contributed by atoms with E-state index in [9.17, 15) is 9.59 Å². The van der Waals surface area contributed by atoms with Crippen LogP contribution in [0.5, 0.6) is 0 Å². The highest BCUT2D eigenvalue weighted by Gasteiger charge is 2.12. The van der Waals surface area contributed by atoms with E-state index in [0.29, 0.717) is 10.7 Å². The molecule has 5 nitrogen and oxygen atoms in total. The minimum atomic E-state index is -1.07. The van der Waals surface area contributed by atoms with Gasteiger partial charge >= 0.3 is 12.0 Å². The number of hydrogen-bond acceptors (Lipinski definition) is 2. The van der Waals surface area contributed by atoms with Gasteiger partial charge in [-0.25, -0.2) is 4.79 Å². The van der Waals surface area contributed by atoms with Crippen LogP contribution in [0.3, 0.4) is 0 Å². The maximum atomic E-state index is 11.5. The van der Waals surface area contributed by atoms with Gasteiger partial charge in [0.05, 0.1) is 10.7 Å². The zero-order valence-electron chi connectivity index (χ0n) is 8.61. The van der Waals surface area contributed by atoms with Gasteiger partial charge in [0, 0.05) is 7.05 Å². The number of carbonyl (C=O) groups excluding carboxylic acids is 1. The van der Waals surface area contributed by atoms with E-state index in [1.54, 1.807) is 24.3 Å². The number of rotatable bonds is 3. The van der Waals surface area contributed by atoms with Crippen LogP contribution in [0.15, 0.2) is 24.3 Å². The van der Waals surface area contributed by atoms with Crippen LogP contribution in [0.2, 0.25) is 5.02 Å². The molecule has 0 bridgehead atoms. The molecule has 0 saturated heterocycles. The van der Waals surface area contributed by atoms with Crippen molar-refractivity contribution in [3.63, 3.8) is 0 Å². The second kappa shape index (κ2) is 5.37. The molecule has 0 unspecified atom stereocenters. The largest absolute Gasteiger partial charge is 0.480 e. The number of nitrogens with one attached hydrogen (secondary N) is 1. The second-order valence-corrected chi connectivity index (χ2v) is 3.57. The van der Waals surface area contributed by atoms with E-state index in [2.05, 4.69) is 5.32 Å². The number of carboxylic acids is 1. The Morgan fingerprint density at radius 1 is 1.44 bits per heavy atom. The summed E-state index contributed by atoms with van der Waals surface area (Å²) in [6.45, 7) is -0.365. The molecule has 0 spiro atoms. The monoisotopic (exact) mass is 242 g/mol. The first-order valence-electron chi connectivity index (χ1n) is 4.49. The van der Waals surface area contributed by atoms with E-state index in [1.165, 1.54) is 7.05 Å². The normalized spacial score (nSPS) is 9.62. The SMILES string of the molecule is CN(CC(=O)O)C(=O)Nc1ccccc1Cl. The van der Waals surface area contributed by atoms with Crippen LogP contribution in [-0.2, 0) is 4.79 Å². The quantitative estimate of drug-likeness (QED) is 0.850. The van der Waals surface area contributed by atoms with Crippen LogP contribution in [0.25, 0.3) is 0 Å². The molecule has 0 aliphatic rings. The van der Waals surface area contributed by atoms with E-state index in [1.807, 2.05) is 0 Å². The third-order valence-electron chi connectivity index (χ3n) is 1.83. The van der Waals surface area contributed by atoms with Gasteiger partial charge in [0.25, 0.3) is 0 Å². The fourth-order valence-corrected chi connectivity index (χ4v) is 1.23. The van der Waals surface area contributed by atoms with Crippen LogP contribution in [0.1, 0.15) is 0 Å². The number of nitrogens with zero attached hydrogens (tertiary/aromatic N) is 1. The predicted molar refractivity (Wildman–Crippen MR) is 60.7 cm³/mol. The number of carbonyl (C=O) groups is 2. The van der Waals surface area contributed by atoms with E-state index in [0.717, 1.165) is 4.90 Å². The first kappa shape index (κ1) is 12.3. The molecule has 0 aromatic heterocycles. The summed E-state index contributed by atoms with van der Waals surface area (Å²) in [4.78, 5) is 22.9. The van der Waals surface area contributed by atoms with Crippen molar-refractivity contribution in [2.45, 2.75) is 0 Å². The number of aliphatic carboxylic acids is 1. The Kier molecular flexibility index (Phi) is 4.13. The van der Waals surface area contributed by atoms with Gasteiger partial charge < -0.3 is 15.3 Å². The van der Waals surface area contributed by atoms with Crippen molar-refractivity contribution >= 4 is 29.3 Å². The topological polar surface area (TPSA) is 69.6 Å². The molecule has 0 fully saturated rings. The van der Waals surface area contributed by atoms with Crippen LogP contribution in [-0.4, -0.2) is 35.6 Å². The van der Waals surface area contributed by atoms with Gasteiger partial charge in [0.15, 0.2) is 0 Å². The summed E-state index contributed by atoms with van der Waals surface area (Å²) < 4.78 is 0. The zero-order chi connectivity index (χ0) is 12.1. The van der Waals surface area contributed by atoms with Crippen molar-refractivity contribution in [1.82, 2.24) is 4.90 Å². The fourth-order valence-electron chi connectivity index (χ4n) is 1.05. The maximum absolute atomic E-state index is 11.5. The van der Waals surface area contributed by atoms with Crippen molar-refractivity contribution in [2.75, 3.05) is 18.9 Å². The fraction of sp³-hybridized carbons (Fsp3) is 0.200. The Bertz CT molecular complexity index is 409. The molecule has 16 heavy (non-hydrogen) atoms. The molecule has 0 radical (unpaired) electrons. The van der Waals surface area contributed by atoms with Gasteiger partial charge in [0.1, 0.15) is 6.54 Å². The molecule has 0 saturated carbocycles. The average molecular weight is 243 g/mol. The first-order valence-corrected chi connectivity index (χ1v) is 4.87. The van der Waals surface area contributed by atoms with Crippen LogP contribution in [0, 0.1) is 0 Å². The number of amides is 2. The third-order valence-corrected chi connectivity index (χ3v) is 2.16. The lowest BCUT2D eigenvalue weighted by Gasteiger charge is -2.15. The Morgan fingerprint density at radius 3 is 2.62 bits per heavy atom. The highest BCUT2D eigenvalue weighted by molar-refractivity contribution is 6.33. The van der Waals surface area contributed by atoms with Crippen molar-refractivity contribution in [3.05, 3.63) is 29.3 Å². The summed E-state index contributed by atoms with van der Waals surface area (Å²) in [5.74, 6) is -1.07. The minimum Gasteiger partial charge on any atom is -0.480 e. The molecule has 0 heterocycles. The summed E-state index contributed by atoms with van der Waals surface area (Å²) in [6.07, 6.45) is 0. The minimum absolute atomic E-state index is 0.365. The number of hydrogen-bond donors (Lipinski definition) is 2. The van der Waals surface area contributed by atoms with E-state index >= 15 is 0 Å². The molecule has 1 aromatic carbocycles. The predicted octanol–water partition coefficient (Wildman–Crippen LogP) is 1.89. The number of anilines is 1. The molecule has 0 aliphatic heterocycles. The van der Waals surface area contributed by atoms with Crippen molar-refractivity contribution < 1.29 is 14.7 Å². The number of urea groups is 1. The number of carboxylic acid groups (broad SMARTS) is 1. The Labute approximate surface area is 97.6 Å². The molecular formula is C10H11ClN2O3. The van der Waals surface area contributed by atoms with Crippen LogP contribution < -0.4 is 5.32 Å². The van der Waals surface area contributed by atoms with Gasteiger partial charge in [-0.05, 0) is 12.1 Å². The van der Waals surface area contributed by atoms with Crippen LogP contribution >= 0.6 is 11.6 Å². The molecular weight excluding hydrogens is 232 g/mol. The molecule has 1 rings (SSSR count). The van der Waals surface area contributed by atoms with Gasteiger partial charge in [-0.3, -0.25) is 4.79 Å². The summed E-state index contributed by atoms with van der Waals surface area (Å²) in [6, 6.07) is 6.21. The Hall–Kier alpha value is -1.75. The van der Waals surface area contributed by atoms with E-state index in [4.69, 9.17) is 16.7 Å². The third kappa shape index (κ3) is 3.43. The maximum Gasteiger partial charge on any atom is 0.323 e. The van der Waals surface area contributed by atoms with Crippen molar-refractivity contribution in [3.8, 4) is 0 Å². The summed E-state index contributed by atoms with van der Waals surface area (Å²) >= 11 is 5.83. The lowest BCUT2D eigenvalue weighted by molar-refractivity contribution is -0.137. The number of halogens is 1. The standard InChI is InChI=1S/C10H11ClN2O3/c1-13(6-9(14)15)10(16)12-8-5-3-2-4-7(8)11/h2-5H,6H2,1H3,(H,12,16)(H,14,15). The molecule has 6 heteroatoms. The average Bonchev–Trinajstić information content (AvgIpc) is 2.20. The van der Waals surface area contributed by atoms with Gasteiger partial charge in [-0.1, -0.05) is 23.7 Å². The molecule has 2 N–H and O–H groups in total. The molecule has 1 aromatic rings. The lowest BCUT2D eigenvalue weighted by Crippen LogP contribution is -2.35. The van der Waals surface area contributed by atoms with E-state index < -0.39 is 12.0 Å². The number of benzene rings is 1. The van der Waals surface area contributed by atoms with Gasteiger partial charge in [-0.15, -0.1) is 0 Å². The van der Waals surface area contributed by atoms with Gasteiger partial charge in [-0.2, -0.15) is 0 Å². The molecule has 2 amide bonds. The summed E-state index contributed by atoms with van der Waals surface area (Å²) in [7, 11) is 1.39. The lowest BCUT2D eigenvalue weighted by atomic mass is 10.3. The molecule has 86 valence electrons. The summed E-state index contributed by atoms with van der Waals surface area (Å²) in [5.41, 5.74) is 0.450. The Balaban J connectivity index is 2.64. The highest BCUT2D eigenvalue weighted by atomic mass is 35.5. The molecule has 0 atom stereocenters. The number of likely N-dealkylation sites (N-methyl/N-ethyl adjacent to an activating group) is 1. The first-order chi connectivity index (χ1) is 7.50. The van der Waals surface area contributed by atoms with Crippen molar-refractivity contribution in [2.24, 2.45) is 0 Å². The molecule has 0 aliphatic carbocycles. The highest BCUT2D eigenvalue weighted by Crippen LogP contribution is 2.20. The number of para-hydroxylation sites is 1. The van der Waals surface area contributed by atoms with Gasteiger partial charge in [0.2, 0.25) is 0 Å². The second-order valence-electron chi connectivity index (χ2n) is 3.16.